The maximum Gasteiger partial charge on any atom is 0.502 e. The zero-order valence-corrected chi connectivity index (χ0v) is 9.89. The van der Waals surface area contributed by atoms with Gasteiger partial charge in [0.15, 0.2) is 0 Å². The Kier molecular flexibility index (Phi) is 3.46. The van der Waals surface area contributed by atoms with Gasteiger partial charge in [0, 0.05) is 0 Å². The first-order valence-corrected chi connectivity index (χ1v) is 9.18. The van der Waals surface area contributed by atoms with Crippen molar-refractivity contribution in [3.05, 3.63) is 29.3 Å². The Bertz CT molecular complexity index is 233. The van der Waals surface area contributed by atoms with Crippen LogP contribution in [0.15, 0.2) is 18.2 Å². The van der Waals surface area contributed by atoms with Crippen molar-refractivity contribution in [1.29, 1.82) is 0 Å². The van der Waals surface area contributed by atoms with Crippen molar-refractivity contribution in [3.63, 3.8) is 0 Å². The summed E-state index contributed by atoms with van der Waals surface area (Å²) in [6.07, 6.45) is 0. The molecule has 0 saturated carbocycles. The molecule has 0 aliphatic carbocycles. The standard InChI is InChI=1S/C8H9.HI.Mg/c1-7-5-3-4-6-8(7)2;;/h3-5H,1-2H3;1H;/q;;+1/p-1. The van der Waals surface area contributed by atoms with Gasteiger partial charge in [0.1, 0.15) is 0 Å². The van der Waals surface area contributed by atoms with E-state index in [2.05, 4.69) is 50.9 Å². The molecule has 0 aliphatic rings. The lowest BCUT2D eigenvalue weighted by Gasteiger charge is -2.04. The topological polar surface area (TPSA) is 0 Å². The average Bonchev–Trinajstić information content (AvgIpc) is 1.95. The van der Waals surface area contributed by atoms with Crippen molar-refractivity contribution in [2.75, 3.05) is 0 Å². The molecule has 0 aromatic heterocycles. The zero-order chi connectivity index (χ0) is 7.56. The molecule has 1 aromatic rings. The number of rotatable bonds is 1. The molecule has 1 rings (SSSR count). The van der Waals surface area contributed by atoms with Gasteiger partial charge in [-0.2, -0.15) is 0 Å². The Hall–Kier alpha value is 0.716. The Morgan fingerprint density at radius 1 is 1.30 bits per heavy atom. The van der Waals surface area contributed by atoms with E-state index >= 15 is 0 Å². The van der Waals surface area contributed by atoms with Crippen LogP contribution in [0.4, 0.5) is 0 Å². The largest absolute Gasteiger partial charge is 0.502 e. The summed E-state index contributed by atoms with van der Waals surface area (Å²) in [4.78, 5) is 0. The fraction of sp³-hybridized carbons (Fsp3) is 0.250. The lowest BCUT2D eigenvalue weighted by Crippen LogP contribution is -2.12. The van der Waals surface area contributed by atoms with E-state index in [1.807, 2.05) is 0 Å². The van der Waals surface area contributed by atoms with Crippen molar-refractivity contribution in [2.24, 2.45) is 0 Å². The van der Waals surface area contributed by atoms with Crippen molar-refractivity contribution in [1.82, 2.24) is 0 Å². The second-order valence-corrected chi connectivity index (χ2v) is 5.81. The van der Waals surface area contributed by atoms with Crippen LogP contribution in [0.2, 0.25) is 0 Å². The predicted octanol–water partition coefficient (Wildman–Crippen LogP) is 1.98. The van der Waals surface area contributed by atoms with Gasteiger partial charge in [0.05, 0.1) is 0 Å². The normalized spacial score (nSPS) is 9.10. The number of benzene rings is 1. The molecule has 0 bridgehead atoms. The van der Waals surface area contributed by atoms with Crippen LogP contribution >= 0.6 is 18.9 Å². The monoisotopic (exact) mass is 256 g/mol. The van der Waals surface area contributed by atoms with E-state index in [0.717, 1.165) is 0 Å². The quantitative estimate of drug-likeness (QED) is 0.532. The van der Waals surface area contributed by atoms with Crippen LogP contribution < -0.4 is 3.69 Å². The maximum atomic E-state index is 2.53. The minimum Gasteiger partial charge on any atom is -0.291 e. The highest BCUT2D eigenvalue weighted by atomic mass is 127. The second-order valence-electron chi connectivity index (χ2n) is 2.49. The molecule has 0 nitrogen and oxygen atoms in total. The van der Waals surface area contributed by atoms with Crippen molar-refractivity contribution in [2.45, 2.75) is 13.8 Å². The van der Waals surface area contributed by atoms with Gasteiger partial charge >= 0.3 is 16.5 Å². The van der Waals surface area contributed by atoms with Crippen molar-refractivity contribution < 1.29 is 0 Å². The van der Waals surface area contributed by atoms with E-state index in [9.17, 15) is 0 Å². The van der Waals surface area contributed by atoms with Crippen LogP contribution in [0, 0.1) is 13.8 Å². The lowest BCUT2D eigenvalue weighted by molar-refractivity contribution is 1.37. The van der Waals surface area contributed by atoms with Gasteiger partial charge in [-0.3, -0.25) is 18.9 Å². The van der Waals surface area contributed by atoms with Crippen molar-refractivity contribution in [3.8, 4) is 0 Å². The van der Waals surface area contributed by atoms with Crippen LogP contribution in [0.1, 0.15) is 11.1 Å². The smallest absolute Gasteiger partial charge is 0.291 e. The second kappa shape index (κ2) is 3.92. The number of hydrogen-bond acceptors (Lipinski definition) is 0. The third kappa shape index (κ3) is 1.86. The van der Waals surface area contributed by atoms with Gasteiger partial charge in [0.25, 0.3) is 0 Å². The molecule has 50 valence electrons. The molecule has 0 atom stereocenters. The van der Waals surface area contributed by atoms with Crippen LogP contribution in [-0.2, 0) is 0 Å². The number of halogens is 1. The van der Waals surface area contributed by atoms with Gasteiger partial charge in [-0.05, 0) is 13.8 Å². The van der Waals surface area contributed by atoms with E-state index in [1.54, 1.807) is 3.69 Å². The summed E-state index contributed by atoms with van der Waals surface area (Å²) < 4.78 is 1.60. The molecule has 2 heteroatoms. The van der Waals surface area contributed by atoms with Crippen molar-refractivity contribution >= 4 is 39.0 Å². The minimum absolute atomic E-state index is 0.0109. The molecular formula is C8H9IMg. The van der Waals surface area contributed by atoms with Crippen LogP contribution in [-0.4, -0.2) is 16.5 Å². The summed E-state index contributed by atoms with van der Waals surface area (Å²) >= 11 is 2.55. The van der Waals surface area contributed by atoms with E-state index in [0.29, 0.717) is 0 Å². The highest BCUT2D eigenvalue weighted by Crippen LogP contribution is 2.02. The fourth-order valence-corrected chi connectivity index (χ4v) is 4.14. The predicted molar refractivity (Wildman–Crippen MR) is 55.3 cm³/mol. The fourth-order valence-electron chi connectivity index (χ4n) is 0.957. The maximum absolute atomic E-state index is 2.53. The van der Waals surface area contributed by atoms with E-state index in [-0.39, 0.29) is 16.5 Å². The van der Waals surface area contributed by atoms with Gasteiger partial charge in [-0.25, -0.2) is 0 Å². The molecule has 0 heterocycles. The van der Waals surface area contributed by atoms with E-state index in [1.165, 1.54) is 11.1 Å². The summed E-state index contributed by atoms with van der Waals surface area (Å²) in [6, 6.07) is 6.59. The Balaban J connectivity index is 3.14. The zero-order valence-electron chi connectivity index (χ0n) is 6.32. The Morgan fingerprint density at radius 2 is 2.00 bits per heavy atom. The van der Waals surface area contributed by atoms with Gasteiger partial charge in [-0.15, -0.1) is 3.69 Å². The SMILES string of the molecule is Cc1ccc[c]([Mg][I])c1C. The minimum atomic E-state index is 0.0109. The molecule has 0 amide bonds. The molecule has 0 N–H and O–H groups in total. The Morgan fingerprint density at radius 3 is 2.50 bits per heavy atom. The summed E-state index contributed by atoms with van der Waals surface area (Å²) in [5.74, 6) is 0. The summed E-state index contributed by atoms with van der Waals surface area (Å²) in [7, 11) is 0. The first-order valence-electron chi connectivity index (χ1n) is 3.36. The van der Waals surface area contributed by atoms with E-state index < -0.39 is 0 Å². The molecule has 0 radical (unpaired) electrons. The van der Waals surface area contributed by atoms with Gasteiger partial charge in [-0.1, -0.05) is 29.3 Å². The Labute approximate surface area is 81.5 Å². The number of aryl methyl sites for hydroxylation is 1. The average molecular weight is 256 g/mol. The first-order chi connectivity index (χ1) is 4.75. The third-order valence-electron chi connectivity index (χ3n) is 1.86. The molecule has 10 heavy (non-hydrogen) atoms. The molecule has 0 fully saturated rings. The van der Waals surface area contributed by atoms with Gasteiger partial charge < -0.3 is 0 Å². The summed E-state index contributed by atoms with van der Waals surface area (Å²) in [5, 5.41) is 0. The van der Waals surface area contributed by atoms with Crippen LogP contribution in [0.25, 0.3) is 0 Å². The van der Waals surface area contributed by atoms with E-state index in [4.69, 9.17) is 0 Å². The molecule has 0 aliphatic heterocycles. The summed E-state index contributed by atoms with van der Waals surface area (Å²) in [6.45, 7) is 4.40. The molecular weight excluding hydrogens is 247 g/mol. The highest BCUT2D eigenvalue weighted by molar-refractivity contribution is 14.1. The third-order valence-corrected chi connectivity index (χ3v) is 5.38. The van der Waals surface area contributed by atoms with Crippen LogP contribution in [0.5, 0.6) is 0 Å². The van der Waals surface area contributed by atoms with Gasteiger partial charge in [0.2, 0.25) is 0 Å². The lowest BCUT2D eigenvalue weighted by atomic mass is 10.1. The first kappa shape index (κ1) is 8.81. The molecule has 1 aromatic carbocycles. The summed E-state index contributed by atoms with van der Waals surface area (Å²) in [5.41, 5.74) is 2.94. The highest BCUT2D eigenvalue weighted by Gasteiger charge is 1.99. The molecule has 0 unspecified atom stereocenters. The molecule has 0 saturated heterocycles. The van der Waals surface area contributed by atoms with Crippen LogP contribution in [0.3, 0.4) is 0 Å². The number of hydrogen-bond donors (Lipinski definition) is 0. The molecule has 0 spiro atoms.